The third-order valence-corrected chi connectivity index (χ3v) is 0.906. The first kappa shape index (κ1) is 6.02. The van der Waals surface area contributed by atoms with Crippen molar-refractivity contribution >= 4 is 18.0 Å². The van der Waals surface area contributed by atoms with Gasteiger partial charge in [-0.15, -0.1) is 0 Å². The first-order chi connectivity index (χ1) is 2.91. The minimum Gasteiger partial charge on any atom is -0.300 e. The van der Waals surface area contributed by atoms with Gasteiger partial charge in [-0.2, -0.15) is 11.8 Å². The maximum Gasteiger partial charge on any atom is 0.0281 e. The SMILES string of the molecule is CN=CCSC. The summed E-state index contributed by atoms with van der Waals surface area (Å²) in [5.41, 5.74) is 0. The molecule has 0 unspecified atom stereocenters. The molecule has 0 spiro atoms. The number of aliphatic imine (C=N–C) groups is 1. The standard InChI is InChI=1S/C4H9NS/c1-5-3-4-6-2/h3H,4H2,1-2H3. The fraction of sp³-hybridized carbons (Fsp3) is 0.750. The van der Waals surface area contributed by atoms with E-state index in [0.29, 0.717) is 0 Å². The number of nitrogens with zero attached hydrogens (tertiary/aromatic N) is 1. The average molecular weight is 103 g/mol. The van der Waals surface area contributed by atoms with Crippen molar-refractivity contribution in [1.29, 1.82) is 0 Å². The minimum atomic E-state index is 1.04. The highest BCUT2D eigenvalue weighted by atomic mass is 32.2. The largest absolute Gasteiger partial charge is 0.300 e. The predicted octanol–water partition coefficient (Wildman–Crippen LogP) is 1.05. The molecule has 0 saturated carbocycles. The van der Waals surface area contributed by atoms with E-state index < -0.39 is 0 Å². The van der Waals surface area contributed by atoms with Gasteiger partial charge in [0.05, 0.1) is 0 Å². The van der Waals surface area contributed by atoms with E-state index in [-0.39, 0.29) is 0 Å². The molecule has 36 valence electrons. The highest BCUT2D eigenvalue weighted by Gasteiger charge is 1.65. The molecule has 0 aromatic rings. The number of hydrogen-bond donors (Lipinski definition) is 0. The molecule has 0 atom stereocenters. The van der Waals surface area contributed by atoms with Crippen molar-refractivity contribution in [3.63, 3.8) is 0 Å². The van der Waals surface area contributed by atoms with E-state index in [1.165, 1.54) is 0 Å². The molecule has 1 nitrogen and oxygen atoms in total. The van der Waals surface area contributed by atoms with Gasteiger partial charge in [0.2, 0.25) is 0 Å². The van der Waals surface area contributed by atoms with Crippen LogP contribution in [0.5, 0.6) is 0 Å². The lowest BCUT2D eigenvalue weighted by Gasteiger charge is -1.76. The van der Waals surface area contributed by atoms with Gasteiger partial charge in [0.15, 0.2) is 0 Å². The molecule has 2 heteroatoms. The summed E-state index contributed by atoms with van der Waals surface area (Å²) in [6, 6.07) is 0. The first-order valence-electron chi connectivity index (χ1n) is 1.81. The van der Waals surface area contributed by atoms with Crippen LogP contribution in [-0.4, -0.2) is 25.3 Å². The molecule has 0 saturated heterocycles. The average Bonchev–Trinajstić information content (AvgIpc) is 1.61. The number of rotatable bonds is 2. The van der Waals surface area contributed by atoms with Crippen LogP contribution in [0.4, 0.5) is 0 Å². The van der Waals surface area contributed by atoms with E-state index in [1.807, 2.05) is 6.21 Å². The van der Waals surface area contributed by atoms with E-state index in [4.69, 9.17) is 0 Å². The molecular formula is C4H9NS. The van der Waals surface area contributed by atoms with Gasteiger partial charge < -0.3 is 0 Å². The van der Waals surface area contributed by atoms with E-state index in [0.717, 1.165) is 5.75 Å². The highest BCUT2D eigenvalue weighted by Crippen LogP contribution is 1.83. The van der Waals surface area contributed by atoms with Gasteiger partial charge in [-0.1, -0.05) is 0 Å². The molecule has 0 aromatic heterocycles. The summed E-state index contributed by atoms with van der Waals surface area (Å²) < 4.78 is 0. The predicted molar refractivity (Wildman–Crippen MR) is 32.8 cm³/mol. The van der Waals surface area contributed by atoms with Crippen LogP contribution in [-0.2, 0) is 0 Å². The Bertz CT molecular complexity index is 42.8. The third-order valence-electron chi connectivity index (χ3n) is 0.424. The molecule has 0 aliphatic heterocycles. The fourth-order valence-corrected chi connectivity index (χ4v) is 0.447. The Morgan fingerprint density at radius 3 is 2.67 bits per heavy atom. The van der Waals surface area contributed by atoms with Crippen molar-refractivity contribution in [3.8, 4) is 0 Å². The quantitative estimate of drug-likeness (QED) is 0.476. The Morgan fingerprint density at radius 1 is 1.83 bits per heavy atom. The van der Waals surface area contributed by atoms with Crippen LogP contribution in [0.2, 0.25) is 0 Å². The van der Waals surface area contributed by atoms with Crippen molar-refractivity contribution in [2.75, 3.05) is 19.1 Å². The Labute approximate surface area is 42.9 Å². The summed E-state index contributed by atoms with van der Waals surface area (Å²) in [6.45, 7) is 0. The number of hydrogen-bond acceptors (Lipinski definition) is 2. The highest BCUT2D eigenvalue weighted by molar-refractivity contribution is 7.99. The second-order valence-corrected chi connectivity index (χ2v) is 1.81. The van der Waals surface area contributed by atoms with Gasteiger partial charge in [0.1, 0.15) is 0 Å². The lowest BCUT2D eigenvalue weighted by atomic mass is 10.9. The van der Waals surface area contributed by atoms with Crippen molar-refractivity contribution in [1.82, 2.24) is 0 Å². The monoisotopic (exact) mass is 103 g/mol. The molecule has 6 heavy (non-hydrogen) atoms. The Hall–Kier alpha value is 0.0200. The molecular weight excluding hydrogens is 94.1 g/mol. The maximum atomic E-state index is 3.78. The molecule has 0 amide bonds. The summed E-state index contributed by atoms with van der Waals surface area (Å²) in [4.78, 5) is 3.78. The summed E-state index contributed by atoms with van der Waals surface area (Å²) >= 11 is 1.78. The molecule has 0 rings (SSSR count). The van der Waals surface area contributed by atoms with Gasteiger partial charge in [0.25, 0.3) is 0 Å². The summed E-state index contributed by atoms with van der Waals surface area (Å²) in [6.07, 6.45) is 3.95. The van der Waals surface area contributed by atoms with Crippen LogP contribution in [0.25, 0.3) is 0 Å². The molecule has 0 aliphatic rings. The van der Waals surface area contributed by atoms with Crippen LogP contribution >= 0.6 is 11.8 Å². The lowest BCUT2D eigenvalue weighted by Crippen LogP contribution is -1.73. The molecule has 0 heterocycles. The van der Waals surface area contributed by atoms with Crippen molar-refractivity contribution in [2.24, 2.45) is 4.99 Å². The van der Waals surface area contributed by atoms with E-state index in [2.05, 4.69) is 11.2 Å². The van der Waals surface area contributed by atoms with Gasteiger partial charge in [0, 0.05) is 19.0 Å². The van der Waals surface area contributed by atoms with Crippen LogP contribution in [0.1, 0.15) is 0 Å². The maximum absolute atomic E-state index is 3.78. The van der Waals surface area contributed by atoms with Crippen molar-refractivity contribution in [3.05, 3.63) is 0 Å². The fourth-order valence-electron chi connectivity index (χ4n) is 0.149. The normalized spacial score (nSPS) is 10.3. The molecule has 0 fully saturated rings. The summed E-state index contributed by atoms with van der Waals surface area (Å²) in [5, 5.41) is 0. The third kappa shape index (κ3) is 4.02. The van der Waals surface area contributed by atoms with Gasteiger partial charge >= 0.3 is 0 Å². The zero-order valence-corrected chi connectivity index (χ0v) is 4.96. The van der Waals surface area contributed by atoms with E-state index in [1.54, 1.807) is 18.8 Å². The van der Waals surface area contributed by atoms with Crippen LogP contribution in [0, 0.1) is 0 Å². The Kier molecular flexibility index (Phi) is 5.04. The number of thioether (sulfide) groups is 1. The summed E-state index contributed by atoms with van der Waals surface area (Å²) in [7, 11) is 1.79. The molecule has 0 N–H and O–H groups in total. The lowest BCUT2D eigenvalue weighted by molar-refractivity contribution is 1.46. The van der Waals surface area contributed by atoms with Gasteiger partial charge in [-0.05, 0) is 6.26 Å². The zero-order chi connectivity index (χ0) is 4.83. The van der Waals surface area contributed by atoms with Crippen molar-refractivity contribution in [2.45, 2.75) is 0 Å². The Morgan fingerprint density at radius 2 is 2.50 bits per heavy atom. The van der Waals surface area contributed by atoms with Gasteiger partial charge in [-0.25, -0.2) is 0 Å². The first-order valence-corrected chi connectivity index (χ1v) is 3.20. The minimum absolute atomic E-state index is 1.04. The molecule has 0 aliphatic carbocycles. The van der Waals surface area contributed by atoms with Crippen LogP contribution < -0.4 is 0 Å². The van der Waals surface area contributed by atoms with Gasteiger partial charge in [-0.3, -0.25) is 4.99 Å². The zero-order valence-electron chi connectivity index (χ0n) is 4.14. The van der Waals surface area contributed by atoms with Crippen LogP contribution in [0.15, 0.2) is 4.99 Å². The smallest absolute Gasteiger partial charge is 0.0281 e. The molecule has 0 bridgehead atoms. The molecule has 0 aromatic carbocycles. The van der Waals surface area contributed by atoms with E-state index in [9.17, 15) is 0 Å². The second kappa shape index (κ2) is 5.02. The second-order valence-electron chi connectivity index (χ2n) is 0.896. The summed E-state index contributed by atoms with van der Waals surface area (Å²) in [5.74, 6) is 1.04. The molecule has 0 radical (unpaired) electrons. The van der Waals surface area contributed by atoms with Crippen LogP contribution in [0.3, 0.4) is 0 Å². The van der Waals surface area contributed by atoms with E-state index >= 15 is 0 Å². The van der Waals surface area contributed by atoms with Crippen molar-refractivity contribution < 1.29 is 0 Å². The Balaban J connectivity index is 2.66. The topological polar surface area (TPSA) is 12.4 Å².